The summed E-state index contributed by atoms with van der Waals surface area (Å²) in [5, 5.41) is 25.1. The van der Waals surface area contributed by atoms with Crippen LogP contribution in [0.4, 0.5) is 5.69 Å². The standard InChI is InChI=1S/C29H34ClN9O2/c1-17-13-20(18(2)33-23-5-6-24(30)34-26(23)27-31-16-36(3)35-27)25-21(14-17)29(41)37(4)28-22(25)15-32-39(28)19-7-9-38(10-8-19)11-12-40/h5-6,13-16,18-19,33,40H,7-12H2,1-4H3. The van der Waals surface area contributed by atoms with Crippen molar-refractivity contribution < 1.29 is 5.11 Å². The van der Waals surface area contributed by atoms with E-state index in [-0.39, 0.29) is 24.2 Å². The van der Waals surface area contributed by atoms with Crippen molar-refractivity contribution in [1.82, 2.24) is 39.0 Å². The van der Waals surface area contributed by atoms with Gasteiger partial charge in [0.2, 0.25) is 5.82 Å². The van der Waals surface area contributed by atoms with Crippen LogP contribution in [0.1, 0.15) is 43.0 Å². The summed E-state index contributed by atoms with van der Waals surface area (Å²) in [6.45, 7) is 6.71. The van der Waals surface area contributed by atoms with Gasteiger partial charge in [-0.25, -0.2) is 14.6 Å². The molecule has 1 saturated heterocycles. The first-order chi connectivity index (χ1) is 19.7. The number of aromatic nitrogens is 7. The molecule has 0 spiro atoms. The van der Waals surface area contributed by atoms with Gasteiger partial charge < -0.3 is 15.3 Å². The van der Waals surface area contributed by atoms with E-state index >= 15 is 0 Å². The van der Waals surface area contributed by atoms with E-state index in [0.29, 0.717) is 28.6 Å². The summed E-state index contributed by atoms with van der Waals surface area (Å²) in [5.41, 5.74) is 4.08. The summed E-state index contributed by atoms with van der Waals surface area (Å²) in [6.07, 6.45) is 5.35. The quantitative estimate of drug-likeness (QED) is 0.281. The summed E-state index contributed by atoms with van der Waals surface area (Å²) >= 11 is 6.25. The van der Waals surface area contributed by atoms with Crippen molar-refractivity contribution >= 4 is 39.1 Å². The minimum Gasteiger partial charge on any atom is -0.395 e. The number of rotatable bonds is 7. The lowest BCUT2D eigenvalue weighted by atomic mass is 9.95. The van der Waals surface area contributed by atoms with Crippen LogP contribution in [-0.4, -0.2) is 70.3 Å². The van der Waals surface area contributed by atoms with E-state index in [1.807, 2.05) is 37.0 Å². The molecule has 1 aromatic carbocycles. The molecule has 11 nitrogen and oxygen atoms in total. The highest BCUT2D eigenvalue weighted by molar-refractivity contribution is 6.29. The fourth-order valence-electron chi connectivity index (χ4n) is 6.05. The third-order valence-corrected chi connectivity index (χ3v) is 8.25. The van der Waals surface area contributed by atoms with Crippen molar-refractivity contribution in [3.05, 3.63) is 63.4 Å². The average Bonchev–Trinajstić information content (AvgIpc) is 3.59. The maximum absolute atomic E-state index is 13.8. The zero-order valence-electron chi connectivity index (χ0n) is 23.7. The fourth-order valence-corrected chi connectivity index (χ4v) is 6.19. The normalized spacial score (nSPS) is 15.7. The summed E-state index contributed by atoms with van der Waals surface area (Å²) in [4.78, 5) is 25.0. The Bertz CT molecular complexity index is 1800. The summed E-state index contributed by atoms with van der Waals surface area (Å²) in [5.74, 6) is 0.473. The molecule has 0 amide bonds. The molecule has 5 aromatic rings. The number of hydrogen-bond donors (Lipinski definition) is 2. The number of β-amino-alcohol motifs (C(OH)–C–C–N with tert-alkyl or cyclic N) is 1. The maximum Gasteiger partial charge on any atom is 0.259 e. The van der Waals surface area contributed by atoms with Gasteiger partial charge in [0.15, 0.2) is 0 Å². The van der Waals surface area contributed by atoms with Crippen LogP contribution in [0.15, 0.2) is 41.6 Å². The van der Waals surface area contributed by atoms with E-state index in [2.05, 4.69) is 38.3 Å². The monoisotopic (exact) mass is 575 g/mol. The summed E-state index contributed by atoms with van der Waals surface area (Å²) in [7, 11) is 3.64. The Kier molecular flexibility index (Phi) is 7.27. The molecule has 1 fully saturated rings. The number of piperidine rings is 1. The molecule has 0 bridgehead atoms. The van der Waals surface area contributed by atoms with Gasteiger partial charge in [-0.3, -0.25) is 14.0 Å². The average molecular weight is 576 g/mol. The van der Waals surface area contributed by atoms with Crippen molar-refractivity contribution in [1.29, 1.82) is 0 Å². The van der Waals surface area contributed by atoms with E-state index in [4.69, 9.17) is 16.7 Å². The smallest absolute Gasteiger partial charge is 0.259 e. The van der Waals surface area contributed by atoms with Gasteiger partial charge in [-0.2, -0.15) is 5.10 Å². The Morgan fingerprint density at radius 1 is 1.17 bits per heavy atom. The summed E-state index contributed by atoms with van der Waals surface area (Å²) in [6, 6.07) is 7.70. The van der Waals surface area contributed by atoms with Crippen molar-refractivity contribution in [2.75, 3.05) is 31.6 Å². The highest BCUT2D eigenvalue weighted by Crippen LogP contribution is 2.36. The molecule has 1 unspecified atom stereocenters. The van der Waals surface area contributed by atoms with Gasteiger partial charge in [-0.05, 0) is 56.0 Å². The van der Waals surface area contributed by atoms with Crippen molar-refractivity contribution in [3.8, 4) is 11.5 Å². The molecule has 1 aliphatic heterocycles. The predicted octanol–water partition coefficient (Wildman–Crippen LogP) is 3.84. The number of anilines is 1. The Balaban J connectivity index is 1.45. The second kappa shape index (κ2) is 10.9. The zero-order chi connectivity index (χ0) is 28.8. The van der Waals surface area contributed by atoms with Gasteiger partial charge in [0.1, 0.15) is 22.8 Å². The Morgan fingerprint density at radius 3 is 2.66 bits per heavy atom. The molecular weight excluding hydrogens is 542 g/mol. The number of nitrogens with zero attached hydrogens (tertiary/aromatic N) is 8. The molecule has 214 valence electrons. The number of benzene rings is 1. The summed E-state index contributed by atoms with van der Waals surface area (Å²) < 4.78 is 5.39. The van der Waals surface area contributed by atoms with Crippen molar-refractivity contribution in [2.24, 2.45) is 14.1 Å². The zero-order valence-corrected chi connectivity index (χ0v) is 24.4. The second-order valence-electron chi connectivity index (χ2n) is 10.9. The number of hydrogen-bond acceptors (Lipinski definition) is 8. The first-order valence-electron chi connectivity index (χ1n) is 13.9. The van der Waals surface area contributed by atoms with Gasteiger partial charge in [-0.1, -0.05) is 17.7 Å². The molecule has 5 heterocycles. The van der Waals surface area contributed by atoms with Crippen LogP contribution in [-0.2, 0) is 14.1 Å². The lowest BCUT2D eigenvalue weighted by Gasteiger charge is -2.32. The van der Waals surface area contributed by atoms with Crippen LogP contribution in [0.3, 0.4) is 0 Å². The SMILES string of the molecule is Cc1cc(C(C)Nc2ccc(Cl)nc2-c2ncn(C)n2)c2c(c1)c(=O)n(C)c1c2cnn1C1CCN(CCO)CC1. The van der Waals surface area contributed by atoms with Crippen LogP contribution in [0.2, 0.25) is 5.15 Å². The molecule has 0 radical (unpaired) electrons. The Labute approximate surface area is 242 Å². The lowest BCUT2D eigenvalue weighted by Crippen LogP contribution is -2.37. The Hall–Kier alpha value is -3.80. The van der Waals surface area contributed by atoms with Gasteiger partial charge in [0.05, 0.1) is 24.5 Å². The van der Waals surface area contributed by atoms with E-state index in [9.17, 15) is 9.90 Å². The molecule has 41 heavy (non-hydrogen) atoms. The molecule has 12 heteroatoms. The maximum atomic E-state index is 13.8. The van der Waals surface area contributed by atoms with Crippen LogP contribution >= 0.6 is 11.6 Å². The second-order valence-corrected chi connectivity index (χ2v) is 11.3. The number of fused-ring (bicyclic) bond motifs is 3. The first-order valence-corrected chi connectivity index (χ1v) is 14.3. The van der Waals surface area contributed by atoms with Gasteiger partial charge in [0, 0.05) is 55.9 Å². The Morgan fingerprint density at radius 2 is 1.95 bits per heavy atom. The minimum absolute atomic E-state index is 0.0457. The van der Waals surface area contributed by atoms with E-state index in [0.717, 1.165) is 59.2 Å². The van der Waals surface area contributed by atoms with Crippen LogP contribution in [0.5, 0.6) is 0 Å². The van der Waals surface area contributed by atoms with E-state index < -0.39 is 0 Å². The van der Waals surface area contributed by atoms with E-state index in [1.54, 1.807) is 28.7 Å². The molecular formula is C29H34ClN9O2. The third kappa shape index (κ3) is 4.98. The molecule has 0 aliphatic carbocycles. The number of likely N-dealkylation sites (tertiary alicyclic amines) is 1. The van der Waals surface area contributed by atoms with Crippen LogP contribution < -0.4 is 10.9 Å². The highest BCUT2D eigenvalue weighted by atomic mass is 35.5. The van der Waals surface area contributed by atoms with Crippen LogP contribution in [0.25, 0.3) is 33.3 Å². The first kappa shape index (κ1) is 27.4. The number of nitrogens with one attached hydrogen (secondary N) is 1. The molecule has 6 rings (SSSR count). The third-order valence-electron chi connectivity index (χ3n) is 8.03. The van der Waals surface area contributed by atoms with Crippen molar-refractivity contribution in [3.63, 3.8) is 0 Å². The molecule has 2 N–H and O–H groups in total. The molecule has 0 saturated carbocycles. The number of pyridine rings is 2. The molecule has 1 aliphatic rings. The number of aliphatic hydroxyl groups is 1. The predicted molar refractivity (Wildman–Crippen MR) is 160 cm³/mol. The van der Waals surface area contributed by atoms with Gasteiger partial charge in [0.25, 0.3) is 5.56 Å². The number of halogens is 1. The number of aryl methyl sites for hydroxylation is 3. The van der Waals surface area contributed by atoms with Crippen LogP contribution in [0, 0.1) is 6.92 Å². The van der Waals surface area contributed by atoms with Gasteiger partial charge >= 0.3 is 0 Å². The topological polar surface area (TPSA) is 119 Å². The van der Waals surface area contributed by atoms with Crippen molar-refractivity contribution in [2.45, 2.75) is 38.8 Å². The molecule has 4 aromatic heterocycles. The lowest BCUT2D eigenvalue weighted by molar-refractivity contribution is 0.146. The van der Waals surface area contributed by atoms with E-state index in [1.165, 1.54) is 0 Å². The number of aliphatic hydroxyl groups excluding tert-OH is 1. The molecule has 1 atom stereocenters. The fraction of sp³-hybridized carbons (Fsp3) is 0.414. The largest absolute Gasteiger partial charge is 0.395 e. The highest BCUT2D eigenvalue weighted by Gasteiger charge is 2.26. The van der Waals surface area contributed by atoms with Gasteiger partial charge in [-0.15, -0.1) is 5.10 Å². The minimum atomic E-state index is -0.191.